The van der Waals surface area contributed by atoms with Crippen LogP contribution < -0.4 is 15.2 Å². The summed E-state index contributed by atoms with van der Waals surface area (Å²) in [5.74, 6) is 1.50. The van der Waals surface area contributed by atoms with Crippen molar-refractivity contribution in [1.82, 2.24) is 0 Å². The van der Waals surface area contributed by atoms with Gasteiger partial charge in [0.1, 0.15) is 17.6 Å². The molecule has 0 spiro atoms. The topological polar surface area (TPSA) is 68.3 Å². The molecule has 0 saturated heterocycles. The van der Waals surface area contributed by atoms with Crippen LogP contribution in [0.1, 0.15) is 5.56 Å². The van der Waals surface area contributed by atoms with Crippen molar-refractivity contribution >= 4 is 17.3 Å². The highest BCUT2D eigenvalue weighted by Gasteiger charge is 2.08. The predicted octanol–water partition coefficient (Wildman–Crippen LogP) is 3.59. The Labute approximate surface area is 115 Å². The lowest BCUT2D eigenvalue weighted by Crippen LogP contribution is -1.94. The molecule has 0 aliphatic rings. The van der Waals surface area contributed by atoms with E-state index in [4.69, 9.17) is 32.1 Å². The maximum atomic E-state index is 9.03. The Bertz CT molecular complexity index is 650. The minimum absolute atomic E-state index is 0.350. The van der Waals surface area contributed by atoms with Crippen LogP contribution in [0.4, 0.5) is 5.69 Å². The van der Waals surface area contributed by atoms with Crippen LogP contribution in [0.25, 0.3) is 0 Å². The quantitative estimate of drug-likeness (QED) is 0.869. The van der Waals surface area contributed by atoms with Crippen LogP contribution in [0.3, 0.4) is 0 Å². The number of benzene rings is 2. The lowest BCUT2D eigenvalue weighted by Gasteiger charge is -2.11. The smallest absolute Gasteiger partial charge is 0.150 e. The number of anilines is 1. The van der Waals surface area contributed by atoms with Gasteiger partial charge in [-0.25, -0.2) is 0 Å². The van der Waals surface area contributed by atoms with Crippen molar-refractivity contribution in [2.75, 3.05) is 12.8 Å². The van der Waals surface area contributed by atoms with Gasteiger partial charge in [-0.05, 0) is 30.3 Å². The molecule has 0 bridgehead atoms. The summed E-state index contributed by atoms with van der Waals surface area (Å²) in [6.07, 6.45) is 0. The SMILES string of the molecule is COc1ccc(Oc2ccc(Cl)cc2C#N)c(N)c1. The van der Waals surface area contributed by atoms with Crippen LogP contribution in [-0.4, -0.2) is 7.11 Å². The van der Waals surface area contributed by atoms with Crippen LogP contribution in [0.15, 0.2) is 36.4 Å². The molecule has 0 radical (unpaired) electrons. The lowest BCUT2D eigenvalue weighted by atomic mass is 10.2. The fraction of sp³-hybridized carbons (Fsp3) is 0.0714. The third-order valence-electron chi connectivity index (χ3n) is 2.50. The van der Waals surface area contributed by atoms with Crippen LogP contribution in [0, 0.1) is 11.3 Å². The summed E-state index contributed by atoms with van der Waals surface area (Å²) in [6.45, 7) is 0. The first-order chi connectivity index (χ1) is 9.13. The number of ether oxygens (including phenoxy) is 2. The minimum Gasteiger partial charge on any atom is -0.497 e. The minimum atomic E-state index is 0.350. The number of methoxy groups -OCH3 is 1. The molecule has 0 fully saturated rings. The van der Waals surface area contributed by atoms with Crippen molar-refractivity contribution in [2.24, 2.45) is 0 Å². The molecule has 96 valence electrons. The van der Waals surface area contributed by atoms with Gasteiger partial charge in [-0.2, -0.15) is 5.26 Å². The normalized spacial score (nSPS) is 9.74. The van der Waals surface area contributed by atoms with E-state index in [9.17, 15) is 0 Å². The summed E-state index contributed by atoms with van der Waals surface area (Å²) in [4.78, 5) is 0. The molecular formula is C14H11ClN2O2. The van der Waals surface area contributed by atoms with Gasteiger partial charge in [-0.3, -0.25) is 0 Å². The van der Waals surface area contributed by atoms with Crippen LogP contribution >= 0.6 is 11.6 Å². The second-order valence-corrected chi connectivity index (χ2v) is 4.19. The summed E-state index contributed by atoms with van der Waals surface area (Å²) in [6, 6.07) is 11.9. The molecule has 0 aliphatic carbocycles. The van der Waals surface area contributed by atoms with Gasteiger partial charge in [-0.15, -0.1) is 0 Å². The number of nitrogen functional groups attached to an aromatic ring is 1. The summed E-state index contributed by atoms with van der Waals surface area (Å²) >= 11 is 5.82. The molecule has 19 heavy (non-hydrogen) atoms. The second kappa shape index (κ2) is 5.51. The van der Waals surface area contributed by atoms with E-state index < -0.39 is 0 Å². The largest absolute Gasteiger partial charge is 0.497 e. The predicted molar refractivity (Wildman–Crippen MR) is 73.6 cm³/mol. The molecule has 0 amide bonds. The highest BCUT2D eigenvalue weighted by atomic mass is 35.5. The van der Waals surface area contributed by atoms with Crippen molar-refractivity contribution < 1.29 is 9.47 Å². The zero-order valence-electron chi connectivity index (χ0n) is 10.2. The van der Waals surface area contributed by atoms with Crippen molar-refractivity contribution in [3.8, 4) is 23.3 Å². The fourth-order valence-electron chi connectivity index (χ4n) is 1.54. The van der Waals surface area contributed by atoms with Gasteiger partial charge in [0.15, 0.2) is 5.75 Å². The summed E-state index contributed by atoms with van der Waals surface area (Å²) in [7, 11) is 1.56. The molecule has 0 aromatic heterocycles. The Hall–Kier alpha value is -2.38. The van der Waals surface area contributed by atoms with Crippen LogP contribution in [0.2, 0.25) is 5.02 Å². The molecule has 2 rings (SSSR count). The third-order valence-corrected chi connectivity index (χ3v) is 2.73. The highest BCUT2D eigenvalue weighted by Crippen LogP contribution is 2.32. The molecule has 2 N–H and O–H groups in total. The molecule has 0 heterocycles. The summed E-state index contributed by atoms with van der Waals surface area (Å²) in [5, 5.41) is 9.51. The van der Waals surface area contributed by atoms with E-state index in [0.717, 1.165) is 0 Å². The first-order valence-corrected chi connectivity index (χ1v) is 5.83. The van der Waals surface area contributed by atoms with E-state index in [2.05, 4.69) is 0 Å². The van der Waals surface area contributed by atoms with Crippen molar-refractivity contribution in [3.05, 3.63) is 47.0 Å². The zero-order valence-corrected chi connectivity index (χ0v) is 10.9. The van der Waals surface area contributed by atoms with Gasteiger partial charge >= 0.3 is 0 Å². The molecular weight excluding hydrogens is 264 g/mol. The number of rotatable bonds is 3. The fourth-order valence-corrected chi connectivity index (χ4v) is 1.72. The van der Waals surface area contributed by atoms with E-state index >= 15 is 0 Å². The van der Waals surface area contributed by atoms with E-state index in [1.807, 2.05) is 6.07 Å². The van der Waals surface area contributed by atoms with Gasteiger partial charge in [0.2, 0.25) is 0 Å². The molecule has 0 aliphatic heterocycles. The number of hydrogen-bond acceptors (Lipinski definition) is 4. The number of nitrogens with two attached hydrogens (primary N) is 1. The van der Waals surface area contributed by atoms with Gasteiger partial charge in [0.05, 0.1) is 18.4 Å². The monoisotopic (exact) mass is 274 g/mol. The molecule has 5 heteroatoms. The van der Waals surface area contributed by atoms with Crippen LogP contribution in [0.5, 0.6) is 17.2 Å². The van der Waals surface area contributed by atoms with Crippen molar-refractivity contribution in [2.45, 2.75) is 0 Å². The Kier molecular flexibility index (Phi) is 3.79. The van der Waals surface area contributed by atoms with Gasteiger partial charge in [0.25, 0.3) is 0 Å². The molecule has 0 saturated carbocycles. The third kappa shape index (κ3) is 2.90. The van der Waals surface area contributed by atoms with Gasteiger partial charge < -0.3 is 15.2 Å². The summed E-state index contributed by atoms with van der Waals surface area (Å²) < 4.78 is 10.7. The molecule has 2 aromatic rings. The Morgan fingerprint density at radius 2 is 1.89 bits per heavy atom. The number of hydrogen-bond donors (Lipinski definition) is 1. The maximum Gasteiger partial charge on any atom is 0.150 e. The van der Waals surface area contributed by atoms with Gasteiger partial charge in [0, 0.05) is 11.1 Å². The van der Waals surface area contributed by atoms with Crippen molar-refractivity contribution in [1.29, 1.82) is 5.26 Å². The Balaban J connectivity index is 2.34. The van der Waals surface area contributed by atoms with E-state index in [1.54, 1.807) is 37.4 Å². The van der Waals surface area contributed by atoms with E-state index in [1.165, 1.54) is 6.07 Å². The number of nitrogens with zero attached hydrogens (tertiary/aromatic N) is 1. The lowest BCUT2D eigenvalue weighted by molar-refractivity contribution is 0.413. The van der Waals surface area contributed by atoms with Gasteiger partial charge in [-0.1, -0.05) is 11.6 Å². The molecule has 0 atom stereocenters. The molecule has 0 unspecified atom stereocenters. The zero-order chi connectivity index (χ0) is 13.8. The number of nitriles is 1. The van der Waals surface area contributed by atoms with E-state index in [-0.39, 0.29) is 0 Å². The van der Waals surface area contributed by atoms with Crippen molar-refractivity contribution in [3.63, 3.8) is 0 Å². The average molecular weight is 275 g/mol. The average Bonchev–Trinajstić information content (AvgIpc) is 2.42. The maximum absolute atomic E-state index is 9.03. The Morgan fingerprint density at radius 1 is 1.16 bits per heavy atom. The van der Waals surface area contributed by atoms with E-state index in [0.29, 0.717) is 33.5 Å². The Morgan fingerprint density at radius 3 is 2.53 bits per heavy atom. The summed E-state index contributed by atoms with van der Waals surface area (Å²) in [5.41, 5.74) is 6.63. The first kappa shape index (κ1) is 13.1. The first-order valence-electron chi connectivity index (χ1n) is 5.45. The standard InChI is InChI=1S/C14H11ClN2O2/c1-18-11-3-5-14(12(17)7-11)19-13-4-2-10(15)6-9(13)8-16/h2-7H,17H2,1H3. The highest BCUT2D eigenvalue weighted by molar-refractivity contribution is 6.30. The number of halogens is 1. The van der Waals surface area contributed by atoms with Crippen LogP contribution in [-0.2, 0) is 0 Å². The molecule has 2 aromatic carbocycles. The second-order valence-electron chi connectivity index (χ2n) is 3.76. The molecule has 4 nitrogen and oxygen atoms in total.